The molecule has 3 aromatic carbocycles. The van der Waals surface area contributed by atoms with Gasteiger partial charge in [-0.05, 0) is 73.1 Å². The first-order valence-corrected chi connectivity index (χ1v) is 12.8. The number of nitrogens with one attached hydrogen (secondary N) is 1. The number of carbonyl (C=O) groups excluding carboxylic acids is 1. The number of alkyl carbamates (subject to hydrolysis) is 1. The second-order valence-corrected chi connectivity index (χ2v) is 10.8. The van der Waals surface area contributed by atoms with Crippen LogP contribution < -0.4 is 5.32 Å². The normalized spacial score (nSPS) is 17.6. The fourth-order valence-electron chi connectivity index (χ4n) is 4.89. The maximum absolute atomic E-state index is 13.9. The van der Waals surface area contributed by atoms with Crippen molar-refractivity contribution in [2.45, 2.75) is 44.8 Å². The molecule has 0 atom stereocenters. The highest BCUT2D eigenvalue weighted by atomic mass is 19.2. The molecule has 0 aromatic heterocycles. The molecule has 1 heterocycles. The first-order valence-electron chi connectivity index (χ1n) is 12.8. The van der Waals surface area contributed by atoms with Crippen molar-refractivity contribution in [2.24, 2.45) is 0 Å². The summed E-state index contributed by atoms with van der Waals surface area (Å²) in [6, 6.07) is 17.8. The molecule has 1 N–H and O–H groups in total. The van der Waals surface area contributed by atoms with Crippen molar-refractivity contribution >= 4 is 19.3 Å². The monoisotopic (exact) mass is 535 g/mol. The minimum atomic E-state index is -1.55. The molecule has 1 amide bonds. The highest BCUT2D eigenvalue weighted by molar-refractivity contribution is 6.56. The second kappa shape index (κ2) is 10.2. The number of benzene rings is 3. The third-order valence-electron chi connectivity index (χ3n) is 7.69. The highest BCUT2D eigenvalue weighted by Crippen LogP contribution is 2.44. The molecule has 2 aliphatic rings. The van der Waals surface area contributed by atoms with Crippen LogP contribution in [0.3, 0.4) is 0 Å². The molecule has 39 heavy (non-hydrogen) atoms. The summed E-state index contributed by atoms with van der Waals surface area (Å²) >= 11 is 0. The topological polar surface area (TPSA) is 56.8 Å². The Bertz CT molecular complexity index is 1370. The van der Waals surface area contributed by atoms with Crippen molar-refractivity contribution < 1.29 is 32.0 Å². The fourth-order valence-corrected chi connectivity index (χ4v) is 4.89. The Morgan fingerprint density at radius 3 is 1.97 bits per heavy atom. The predicted octanol–water partition coefficient (Wildman–Crippen LogP) is 6.66. The van der Waals surface area contributed by atoms with E-state index in [0.29, 0.717) is 5.47 Å². The summed E-state index contributed by atoms with van der Waals surface area (Å²) in [4.78, 5) is 12.8. The van der Waals surface area contributed by atoms with Gasteiger partial charge < -0.3 is 19.4 Å². The van der Waals surface area contributed by atoms with Gasteiger partial charge in [-0.1, -0.05) is 54.6 Å². The molecule has 0 saturated carbocycles. The zero-order valence-corrected chi connectivity index (χ0v) is 22.2. The third-order valence-corrected chi connectivity index (χ3v) is 7.69. The summed E-state index contributed by atoms with van der Waals surface area (Å²) in [5.74, 6) is -4.30. The van der Waals surface area contributed by atoms with Gasteiger partial charge in [0, 0.05) is 12.5 Å². The van der Waals surface area contributed by atoms with Crippen LogP contribution in [0.4, 0.5) is 18.0 Å². The lowest BCUT2D eigenvalue weighted by Crippen LogP contribution is -2.41. The van der Waals surface area contributed by atoms with E-state index in [9.17, 15) is 18.0 Å². The molecule has 0 radical (unpaired) electrons. The van der Waals surface area contributed by atoms with Crippen LogP contribution in [-0.2, 0) is 14.0 Å². The standard InChI is InChI=1S/C30H29BF3NO4/c1-29(2)30(3,4)39-31(38-29)19(13-18-14-25(32)27(34)26(33)15-18)16-35-28(36)37-17-24-22-11-7-5-9-20(22)21-10-6-8-12-23(21)24/h5-15,24H,16-17H2,1-4H3,(H,35,36). The van der Waals surface area contributed by atoms with Gasteiger partial charge >= 0.3 is 13.2 Å². The van der Waals surface area contributed by atoms with Crippen molar-refractivity contribution in [3.63, 3.8) is 0 Å². The number of hydrogen-bond acceptors (Lipinski definition) is 4. The Kier molecular flexibility index (Phi) is 7.07. The van der Waals surface area contributed by atoms with Gasteiger partial charge in [0.05, 0.1) is 11.2 Å². The Hall–Kier alpha value is -3.56. The van der Waals surface area contributed by atoms with E-state index in [1.54, 1.807) is 0 Å². The first kappa shape index (κ1) is 27.0. The van der Waals surface area contributed by atoms with E-state index < -0.39 is 41.9 Å². The van der Waals surface area contributed by atoms with E-state index in [0.717, 1.165) is 34.4 Å². The van der Waals surface area contributed by atoms with Crippen molar-refractivity contribution in [3.05, 3.63) is 100 Å². The molecule has 1 saturated heterocycles. The Morgan fingerprint density at radius 1 is 0.923 bits per heavy atom. The second-order valence-electron chi connectivity index (χ2n) is 10.8. The summed E-state index contributed by atoms with van der Waals surface area (Å²) in [6.07, 6.45) is 0.744. The molecule has 0 spiro atoms. The summed E-state index contributed by atoms with van der Waals surface area (Å²) in [5.41, 5.74) is 3.46. The highest BCUT2D eigenvalue weighted by Gasteiger charge is 2.52. The summed E-state index contributed by atoms with van der Waals surface area (Å²) in [6.45, 7) is 7.49. The predicted molar refractivity (Wildman–Crippen MR) is 143 cm³/mol. The quantitative estimate of drug-likeness (QED) is 0.284. The van der Waals surface area contributed by atoms with Crippen LogP contribution >= 0.6 is 0 Å². The van der Waals surface area contributed by atoms with Gasteiger partial charge in [0.15, 0.2) is 17.5 Å². The van der Waals surface area contributed by atoms with Gasteiger partial charge in [-0.3, -0.25) is 0 Å². The van der Waals surface area contributed by atoms with Crippen LogP contribution in [0.5, 0.6) is 0 Å². The maximum Gasteiger partial charge on any atom is 0.492 e. The summed E-state index contributed by atoms with van der Waals surface area (Å²) in [7, 11) is -0.917. The lowest BCUT2D eigenvalue weighted by atomic mass is 9.77. The average Bonchev–Trinajstić information content (AvgIpc) is 3.32. The van der Waals surface area contributed by atoms with Gasteiger partial charge in [-0.25, -0.2) is 18.0 Å². The minimum absolute atomic E-state index is 0.0606. The van der Waals surface area contributed by atoms with Crippen LogP contribution in [0.1, 0.15) is 50.3 Å². The van der Waals surface area contributed by atoms with Crippen molar-refractivity contribution in [1.29, 1.82) is 0 Å². The Morgan fingerprint density at radius 2 is 1.44 bits per heavy atom. The molecule has 9 heteroatoms. The molecule has 1 fully saturated rings. The van der Waals surface area contributed by atoms with Crippen LogP contribution in [0.25, 0.3) is 17.2 Å². The number of halogens is 3. The minimum Gasteiger partial charge on any atom is -0.449 e. The van der Waals surface area contributed by atoms with Crippen LogP contribution in [-0.4, -0.2) is 37.6 Å². The molecule has 5 nitrogen and oxygen atoms in total. The average molecular weight is 535 g/mol. The van der Waals surface area contributed by atoms with Crippen molar-refractivity contribution in [3.8, 4) is 11.1 Å². The van der Waals surface area contributed by atoms with Crippen LogP contribution in [0.2, 0.25) is 0 Å². The molecule has 1 aliphatic carbocycles. The molecule has 202 valence electrons. The SMILES string of the molecule is CC1(C)OB(C(=Cc2cc(F)c(F)c(F)c2)CNC(=O)OCC2c3ccccc3-c3ccccc32)OC1(C)C. The molecule has 0 unspecified atom stereocenters. The molecular weight excluding hydrogens is 506 g/mol. The summed E-state index contributed by atoms with van der Waals surface area (Å²) < 4.78 is 59.1. The number of amides is 1. The lowest BCUT2D eigenvalue weighted by molar-refractivity contribution is 0.00578. The smallest absolute Gasteiger partial charge is 0.449 e. The largest absolute Gasteiger partial charge is 0.492 e. The molecule has 0 bridgehead atoms. The molecular formula is C30H29BF3NO4. The zero-order chi connectivity index (χ0) is 27.9. The van der Waals surface area contributed by atoms with Gasteiger partial charge in [0.1, 0.15) is 6.61 Å². The maximum atomic E-state index is 13.9. The number of rotatable bonds is 6. The van der Waals surface area contributed by atoms with Gasteiger partial charge in [-0.2, -0.15) is 0 Å². The van der Waals surface area contributed by atoms with E-state index in [1.165, 1.54) is 6.08 Å². The van der Waals surface area contributed by atoms with E-state index >= 15 is 0 Å². The fraction of sp³-hybridized carbons (Fsp3) is 0.300. The van der Waals surface area contributed by atoms with E-state index in [-0.39, 0.29) is 24.6 Å². The van der Waals surface area contributed by atoms with Gasteiger partial charge in [0.25, 0.3) is 0 Å². The van der Waals surface area contributed by atoms with Crippen molar-refractivity contribution in [2.75, 3.05) is 13.2 Å². The first-order chi connectivity index (χ1) is 18.5. The molecule has 1 aliphatic heterocycles. The van der Waals surface area contributed by atoms with E-state index in [1.807, 2.05) is 64.1 Å². The Labute approximate surface area is 226 Å². The van der Waals surface area contributed by atoms with Gasteiger partial charge in [0.2, 0.25) is 0 Å². The zero-order valence-electron chi connectivity index (χ0n) is 22.2. The number of hydrogen-bond donors (Lipinski definition) is 1. The Balaban J connectivity index is 1.32. The number of carbonyl (C=O) groups is 1. The van der Waals surface area contributed by atoms with E-state index in [4.69, 9.17) is 14.0 Å². The van der Waals surface area contributed by atoms with E-state index in [2.05, 4.69) is 17.4 Å². The molecule has 3 aromatic rings. The number of ether oxygens (including phenoxy) is 1. The van der Waals surface area contributed by atoms with Crippen molar-refractivity contribution in [1.82, 2.24) is 5.32 Å². The van der Waals surface area contributed by atoms with Gasteiger partial charge in [-0.15, -0.1) is 0 Å². The summed E-state index contributed by atoms with van der Waals surface area (Å²) in [5, 5.41) is 2.70. The number of fused-ring (bicyclic) bond motifs is 3. The third kappa shape index (κ3) is 5.21. The van der Waals surface area contributed by atoms with Crippen LogP contribution in [0, 0.1) is 17.5 Å². The van der Waals surface area contributed by atoms with Crippen LogP contribution in [0.15, 0.2) is 66.1 Å². The lowest BCUT2D eigenvalue weighted by Gasteiger charge is -2.32. The molecule has 5 rings (SSSR count).